The maximum absolute atomic E-state index is 13.7. The van der Waals surface area contributed by atoms with Crippen LogP contribution in [0.3, 0.4) is 0 Å². The number of benzene rings is 1. The molecule has 0 saturated heterocycles. The number of thiazole rings is 1. The van der Waals surface area contributed by atoms with Gasteiger partial charge in [-0.1, -0.05) is 29.5 Å². The zero-order valence-electron chi connectivity index (χ0n) is 20.5. The maximum atomic E-state index is 13.7. The van der Waals surface area contributed by atoms with Gasteiger partial charge in [-0.05, 0) is 39.8 Å². The SMILES string of the molecule is CCOC(=O)C1=C(C)N=c2s/c(=C\c3ccc(N(CC)CC)o3)c(=O)n2[C@@H]1c1ccccc1OC. The van der Waals surface area contributed by atoms with Crippen LogP contribution >= 0.6 is 11.3 Å². The third-order valence-electron chi connectivity index (χ3n) is 5.91. The lowest BCUT2D eigenvalue weighted by molar-refractivity contribution is -0.139. The van der Waals surface area contributed by atoms with Crippen molar-refractivity contribution in [1.82, 2.24) is 4.57 Å². The number of para-hydroxylation sites is 1. The van der Waals surface area contributed by atoms with Gasteiger partial charge in [0, 0.05) is 30.8 Å². The Kier molecular flexibility index (Phi) is 7.25. The van der Waals surface area contributed by atoms with Crippen LogP contribution in [0.5, 0.6) is 5.75 Å². The molecule has 3 aromatic rings. The maximum Gasteiger partial charge on any atom is 0.338 e. The van der Waals surface area contributed by atoms with Crippen molar-refractivity contribution in [3.8, 4) is 5.75 Å². The number of aromatic nitrogens is 1. The van der Waals surface area contributed by atoms with Crippen molar-refractivity contribution in [2.45, 2.75) is 33.7 Å². The molecule has 0 aliphatic carbocycles. The van der Waals surface area contributed by atoms with Crippen molar-refractivity contribution in [2.24, 2.45) is 4.99 Å². The molecular formula is C26H29N3O5S. The monoisotopic (exact) mass is 495 g/mol. The average Bonchev–Trinajstić information content (AvgIpc) is 3.43. The van der Waals surface area contributed by atoms with Gasteiger partial charge in [-0.15, -0.1) is 0 Å². The first kappa shape index (κ1) is 24.5. The van der Waals surface area contributed by atoms with Crippen molar-refractivity contribution in [2.75, 3.05) is 31.7 Å². The Morgan fingerprint density at radius 3 is 2.63 bits per heavy atom. The summed E-state index contributed by atoms with van der Waals surface area (Å²) in [4.78, 5) is 33.9. The van der Waals surface area contributed by atoms with Crippen LogP contribution in [0, 0.1) is 0 Å². The Labute approximate surface area is 207 Å². The van der Waals surface area contributed by atoms with Gasteiger partial charge in [0.05, 0.1) is 29.5 Å². The number of carbonyl (C=O) groups is 1. The van der Waals surface area contributed by atoms with Crippen LogP contribution in [0.15, 0.2) is 61.9 Å². The lowest BCUT2D eigenvalue weighted by atomic mass is 9.95. The number of furan rings is 1. The average molecular weight is 496 g/mol. The summed E-state index contributed by atoms with van der Waals surface area (Å²) in [7, 11) is 1.56. The normalized spacial score (nSPS) is 15.6. The Morgan fingerprint density at radius 1 is 1.20 bits per heavy atom. The van der Waals surface area contributed by atoms with E-state index >= 15 is 0 Å². The molecule has 0 N–H and O–H groups in total. The smallest absolute Gasteiger partial charge is 0.338 e. The van der Waals surface area contributed by atoms with Crippen molar-refractivity contribution in [3.63, 3.8) is 0 Å². The van der Waals surface area contributed by atoms with E-state index in [2.05, 4.69) is 23.7 Å². The second-order valence-electron chi connectivity index (χ2n) is 7.89. The highest BCUT2D eigenvalue weighted by Gasteiger charge is 2.34. The van der Waals surface area contributed by atoms with Gasteiger partial charge in [0.1, 0.15) is 17.6 Å². The first-order valence-corrected chi connectivity index (χ1v) is 12.4. The van der Waals surface area contributed by atoms with E-state index in [1.54, 1.807) is 37.7 Å². The molecule has 0 amide bonds. The molecule has 9 heteroatoms. The fourth-order valence-electron chi connectivity index (χ4n) is 4.23. The fraction of sp³-hybridized carbons (Fsp3) is 0.346. The van der Waals surface area contributed by atoms with E-state index in [0.29, 0.717) is 37.7 Å². The third kappa shape index (κ3) is 4.55. The minimum atomic E-state index is -0.730. The minimum Gasteiger partial charge on any atom is -0.496 e. The van der Waals surface area contributed by atoms with Gasteiger partial charge in [0.2, 0.25) is 0 Å². The molecule has 1 aliphatic rings. The lowest BCUT2D eigenvalue weighted by Gasteiger charge is -2.25. The number of allylic oxidation sites excluding steroid dienone is 1. The zero-order chi connectivity index (χ0) is 25.1. The second kappa shape index (κ2) is 10.4. The number of methoxy groups -OCH3 is 1. The number of hydrogen-bond donors (Lipinski definition) is 0. The van der Waals surface area contributed by atoms with Crippen molar-refractivity contribution in [1.29, 1.82) is 0 Å². The number of hydrogen-bond acceptors (Lipinski definition) is 8. The van der Waals surface area contributed by atoms with Gasteiger partial charge in [0.25, 0.3) is 5.56 Å². The molecule has 0 fully saturated rings. The topological polar surface area (TPSA) is 86.3 Å². The molecule has 0 bridgehead atoms. The number of fused-ring (bicyclic) bond motifs is 1. The van der Waals surface area contributed by atoms with Crippen LogP contribution in [0.1, 0.15) is 45.1 Å². The van der Waals surface area contributed by atoms with E-state index in [1.165, 1.54) is 11.3 Å². The number of nitrogens with zero attached hydrogens (tertiary/aromatic N) is 3. The highest BCUT2D eigenvalue weighted by atomic mass is 32.1. The Bertz CT molecular complexity index is 1440. The highest BCUT2D eigenvalue weighted by Crippen LogP contribution is 2.35. The predicted molar refractivity (Wildman–Crippen MR) is 136 cm³/mol. The molecule has 1 atom stereocenters. The minimum absolute atomic E-state index is 0.214. The summed E-state index contributed by atoms with van der Waals surface area (Å²) < 4.78 is 18.9. The predicted octanol–water partition coefficient (Wildman–Crippen LogP) is 3.25. The van der Waals surface area contributed by atoms with Gasteiger partial charge in [-0.3, -0.25) is 9.36 Å². The summed E-state index contributed by atoms with van der Waals surface area (Å²) in [5.41, 5.74) is 1.24. The quantitative estimate of drug-likeness (QED) is 0.446. The molecule has 0 spiro atoms. The van der Waals surface area contributed by atoms with Crippen LogP contribution in [-0.2, 0) is 9.53 Å². The summed E-state index contributed by atoms with van der Waals surface area (Å²) in [5.74, 6) is 1.39. The number of rotatable bonds is 8. The first-order chi connectivity index (χ1) is 16.9. The molecule has 35 heavy (non-hydrogen) atoms. The molecule has 2 aromatic heterocycles. The van der Waals surface area contributed by atoms with Crippen LogP contribution in [0.2, 0.25) is 0 Å². The van der Waals surface area contributed by atoms with Crippen LogP contribution in [0.4, 0.5) is 5.88 Å². The van der Waals surface area contributed by atoms with Gasteiger partial charge >= 0.3 is 5.97 Å². The fourth-order valence-corrected chi connectivity index (χ4v) is 5.26. The summed E-state index contributed by atoms with van der Waals surface area (Å²) in [6.45, 7) is 9.48. The Morgan fingerprint density at radius 2 is 1.94 bits per heavy atom. The molecule has 1 aliphatic heterocycles. The molecule has 3 heterocycles. The van der Waals surface area contributed by atoms with E-state index in [4.69, 9.17) is 13.9 Å². The molecule has 0 unspecified atom stereocenters. The number of carbonyl (C=O) groups excluding carboxylic acids is 1. The highest BCUT2D eigenvalue weighted by molar-refractivity contribution is 7.07. The van der Waals surface area contributed by atoms with E-state index in [-0.39, 0.29) is 12.2 Å². The zero-order valence-corrected chi connectivity index (χ0v) is 21.3. The largest absolute Gasteiger partial charge is 0.496 e. The van der Waals surface area contributed by atoms with Gasteiger partial charge in [-0.2, -0.15) is 0 Å². The van der Waals surface area contributed by atoms with Crippen LogP contribution in [0.25, 0.3) is 6.08 Å². The van der Waals surface area contributed by atoms with Crippen molar-refractivity contribution in [3.05, 3.63) is 78.7 Å². The van der Waals surface area contributed by atoms with Crippen LogP contribution < -0.4 is 24.5 Å². The first-order valence-electron chi connectivity index (χ1n) is 11.6. The Balaban J connectivity index is 1.91. The molecule has 4 rings (SSSR count). The summed E-state index contributed by atoms with van der Waals surface area (Å²) in [6.07, 6.45) is 1.72. The van der Waals surface area contributed by atoms with Gasteiger partial charge in [0.15, 0.2) is 10.7 Å². The molecule has 0 radical (unpaired) electrons. The standard InChI is InChI=1S/C26H29N3O5S/c1-6-28(7-2)21-14-13-17(34-21)15-20-24(30)29-23(18-11-9-10-12-19(18)32-5)22(25(31)33-8-3)16(4)27-26(29)35-20/h9-15,23H,6-8H2,1-5H3/b20-15-/t23-/m1/s1. The summed E-state index contributed by atoms with van der Waals surface area (Å²) >= 11 is 1.26. The lowest BCUT2D eigenvalue weighted by Crippen LogP contribution is -2.40. The molecule has 1 aromatic carbocycles. The molecule has 184 valence electrons. The van der Waals surface area contributed by atoms with Gasteiger partial charge < -0.3 is 18.8 Å². The summed E-state index contributed by atoms with van der Waals surface area (Å²) in [6, 6.07) is 10.4. The summed E-state index contributed by atoms with van der Waals surface area (Å²) in [5, 5.41) is 0. The van der Waals surface area contributed by atoms with Gasteiger partial charge in [-0.25, -0.2) is 9.79 Å². The van der Waals surface area contributed by atoms with Crippen molar-refractivity contribution >= 4 is 29.3 Å². The van der Waals surface area contributed by atoms with E-state index in [0.717, 1.165) is 19.0 Å². The van der Waals surface area contributed by atoms with E-state index in [1.807, 2.05) is 30.3 Å². The third-order valence-corrected chi connectivity index (χ3v) is 6.89. The number of anilines is 1. The molecular weight excluding hydrogens is 466 g/mol. The molecule has 8 nitrogen and oxygen atoms in total. The number of esters is 1. The van der Waals surface area contributed by atoms with Crippen molar-refractivity contribution < 1.29 is 18.7 Å². The number of ether oxygens (including phenoxy) is 2. The Hall–Kier alpha value is -3.59. The van der Waals surface area contributed by atoms with E-state index in [9.17, 15) is 9.59 Å². The molecule has 0 saturated carbocycles. The van der Waals surface area contributed by atoms with E-state index < -0.39 is 12.0 Å². The van der Waals surface area contributed by atoms with Crippen LogP contribution in [-0.4, -0.2) is 37.3 Å². The second-order valence-corrected chi connectivity index (χ2v) is 8.90.